The van der Waals surface area contributed by atoms with Gasteiger partial charge in [-0.3, -0.25) is 9.69 Å². The van der Waals surface area contributed by atoms with Gasteiger partial charge >= 0.3 is 0 Å². The number of fused-ring (bicyclic) bond motifs is 2. The molecule has 140 valence electrons. The van der Waals surface area contributed by atoms with Crippen LogP contribution in [0.4, 0.5) is 5.82 Å². The van der Waals surface area contributed by atoms with E-state index in [0.717, 1.165) is 24.5 Å². The summed E-state index contributed by atoms with van der Waals surface area (Å²) in [7, 11) is 0. The quantitative estimate of drug-likeness (QED) is 0.850. The molecule has 0 radical (unpaired) electrons. The van der Waals surface area contributed by atoms with E-state index < -0.39 is 0 Å². The summed E-state index contributed by atoms with van der Waals surface area (Å²) < 4.78 is 0. The van der Waals surface area contributed by atoms with Gasteiger partial charge in [0.1, 0.15) is 12.1 Å². The van der Waals surface area contributed by atoms with Crippen LogP contribution in [0.25, 0.3) is 0 Å². The zero-order chi connectivity index (χ0) is 18.2. The Morgan fingerprint density at radius 2 is 1.89 bits per heavy atom. The Morgan fingerprint density at radius 1 is 1.11 bits per heavy atom. The van der Waals surface area contributed by atoms with Crippen molar-refractivity contribution in [1.82, 2.24) is 20.2 Å². The van der Waals surface area contributed by atoms with Gasteiger partial charge in [-0.15, -0.1) is 0 Å². The van der Waals surface area contributed by atoms with Gasteiger partial charge in [-0.05, 0) is 24.8 Å². The second-order valence-electron chi connectivity index (χ2n) is 7.96. The van der Waals surface area contributed by atoms with E-state index in [1.165, 1.54) is 25.0 Å². The number of benzene rings is 1. The maximum atomic E-state index is 12.3. The summed E-state index contributed by atoms with van der Waals surface area (Å²) in [6.45, 7) is 2.99. The standard InChI is InChI=1S/C21H25N5O/c27-21(22-10-15-4-2-1-3-5-15)13-26-17-8-18(26)12-25(11-17)20-9-19(16-6-7-16)23-14-24-20/h1-5,9,14,16-18H,6-8,10-13H2,(H,22,27). The smallest absolute Gasteiger partial charge is 0.234 e. The molecule has 2 aromatic rings. The second kappa shape index (κ2) is 6.93. The van der Waals surface area contributed by atoms with Gasteiger partial charge in [0.2, 0.25) is 5.91 Å². The topological polar surface area (TPSA) is 61.4 Å². The van der Waals surface area contributed by atoms with E-state index in [1.807, 2.05) is 30.3 Å². The number of anilines is 1. The van der Waals surface area contributed by atoms with Crippen LogP contribution in [0.5, 0.6) is 0 Å². The molecule has 4 aliphatic rings. The number of rotatable bonds is 6. The number of piperazine rings is 1. The number of amides is 1. The normalized spacial score (nSPS) is 24.4. The molecular weight excluding hydrogens is 338 g/mol. The lowest BCUT2D eigenvalue weighted by molar-refractivity contribution is -0.127. The number of hydrogen-bond donors (Lipinski definition) is 1. The van der Waals surface area contributed by atoms with Gasteiger partial charge in [-0.1, -0.05) is 30.3 Å². The first-order valence-corrected chi connectivity index (χ1v) is 9.89. The first-order chi connectivity index (χ1) is 13.3. The number of aromatic nitrogens is 2. The lowest BCUT2D eigenvalue weighted by Gasteiger charge is -2.56. The summed E-state index contributed by atoms with van der Waals surface area (Å²) in [6, 6.07) is 13.1. The lowest BCUT2D eigenvalue weighted by Crippen LogP contribution is -2.70. The van der Waals surface area contributed by atoms with Crippen molar-refractivity contribution in [1.29, 1.82) is 0 Å². The van der Waals surface area contributed by atoms with Crippen LogP contribution in [0.15, 0.2) is 42.7 Å². The number of piperidine rings is 1. The molecule has 6 rings (SSSR count). The fourth-order valence-corrected chi connectivity index (χ4v) is 4.29. The van der Waals surface area contributed by atoms with Crippen LogP contribution in [-0.2, 0) is 11.3 Å². The molecule has 1 aromatic carbocycles. The SMILES string of the molecule is O=C(CN1C2CC1CN(c1cc(C3CC3)ncn1)C2)NCc1ccccc1. The highest BCUT2D eigenvalue weighted by Crippen LogP contribution is 2.40. The van der Waals surface area contributed by atoms with Crippen molar-refractivity contribution in [3.63, 3.8) is 0 Å². The fraction of sp³-hybridized carbons (Fsp3) is 0.476. The summed E-state index contributed by atoms with van der Waals surface area (Å²) in [4.78, 5) is 26.0. The molecule has 1 aliphatic carbocycles. The van der Waals surface area contributed by atoms with Crippen molar-refractivity contribution in [3.8, 4) is 0 Å². The van der Waals surface area contributed by atoms with Crippen molar-refractivity contribution >= 4 is 11.7 Å². The van der Waals surface area contributed by atoms with E-state index in [1.54, 1.807) is 6.33 Å². The van der Waals surface area contributed by atoms with Crippen LogP contribution < -0.4 is 10.2 Å². The molecular formula is C21H25N5O. The Labute approximate surface area is 159 Å². The van der Waals surface area contributed by atoms with Gasteiger partial charge in [0, 0.05) is 49.4 Å². The van der Waals surface area contributed by atoms with Gasteiger partial charge in [-0.25, -0.2) is 9.97 Å². The first kappa shape index (κ1) is 16.7. The summed E-state index contributed by atoms with van der Waals surface area (Å²) in [6.07, 6.45) is 5.40. The van der Waals surface area contributed by atoms with E-state index in [9.17, 15) is 4.79 Å². The minimum atomic E-state index is 0.111. The minimum Gasteiger partial charge on any atom is -0.353 e. The molecule has 2 atom stereocenters. The fourth-order valence-electron chi connectivity index (χ4n) is 4.29. The van der Waals surface area contributed by atoms with Crippen molar-refractivity contribution in [2.75, 3.05) is 24.5 Å². The molecule has 0 spiro atoms. The monoisotopic (exact) mass is 363 g/mol. The maximum Gasteiger partial charge on any atom is 0.234 e. The number of carbonyl (C=O) groups is 1. The van der Waals surface area contributed by atoms with Crippen LogP contribution in [0.2, 0.25) is 0 Å². The molecule has 6 nitrogen and oxygen atoms in total. The number of nitrogens with one attached hydrogen (secondary N) is 1. The summed E-state index contributed by atoms with van der Waals surface area (Å²) in [5.74, 6) is 1.81. The molecule has 1 aromatic heterocycles. The largest absolute Gasteiger partial charge is 0.353 e. The molecule has 1 N–H and O–H groups in total. The number of carbonyl (C=O) groups excluding carboxylic acids is 1. The molecule has 4 heterocycles. The van der Waals surface area contributed by atoms with Gasteiger partial charge in [0.05, 0.1) is 6.54 Å². The van der Waals surface area contributed by atoms with Crippen molar-refractivity contribution < 1.29 is 4.79 Å². The molecule has 3 saturated heterocycles. The molecule has 6 heteroatoms. The number of nitrogens with zero attached hydrogens (tertiary/aromatic N) is 4. The minimum absolute atomic E-state index is 0.111. The van der Waals surface area contributed by atoms with Crippen LogP contribution in [-0.4, -0.2) is 52.5 Å². The Bertz CT molecular complexity index is 810. The average Bonchev–Trinajstić information content (AvgIpc) is 3.57. The summed E-state index contributed by atoms with van der Waals surface area (Å²) in [5, 5.41) is 3.04. The van der Waals surface area contributed by atoms with Gasteiger partial charge in [0.15, 0.2) is 0 Å². The van der Waals surface area contributed by atoms with E-state index in [-0.39, 0.29) is 5.91 Å². The predicted molar refractivity (Wildman–Crippen MR) is 103 cm³/mol. The predicted octanol–water partition coefficient (Wildman–Crippen LogP) is 1.93. The molecule has 27 heavy (non-hydrogen) atoms. The molecule has 2 bridgehead atoms. The maximum absolute atomic E-state index is 12.3. The highest BCUT2D eigenvalue weighted by Gasteiger charge is 2.45. The van der Waals surface area contributed by atoms with Gasteiger partial charge in [0.25, 0.3) is 0 Å². The van der Waals surface area contributed by atoms with E-state index >= 15 is 0 Å². The van der Waals surface area contributed by atoms with E-state index in [4.69, 9.17) is 0 Å². The summed E-state index contributed by atoms with van der Waals surface area (Å²) in [5.41, 5.74) is 2.33. The molecule has 3 aliphatic heterocycles. The molecule has 2 unspecified atom stereocenters. The Balaban J connectivity index is 1.15. The third kappa shape index (κ3) is 3.54. The van der Waals surface area contributed by atoms with Crippen LogP contribution in [0, 0.1) is 0 Å². The Hall–Kier alpha value is -2.47. The average molecular weight is 363 g/mol. The zero-order valence-electron chi connectivity index (χ0n) is 15.4. The van der Waals surface area contributed by atoms with Gasteiger partial charge in [-0.2, -0.15) is 0 Å². The molecule has 1 saturated carbocycles. The summed E-state index contributed by atoms with van der Waals surface area (Å²) >= 11 is 0. The zero-order valence-corrected chi connectivity index (χ0v) is 15.4. The van der Waals surface area contributed by atoms with Crippen LogP contribution in [0.3, 0.4) is 0 Å². The Morgan fingerprint density at radius 3 is 2.63 bits per heavy atom. The second-order valence-corrected chi connectivity index (χ2v) is 7.96. The van der Waals surface area contributed by atoms with Crippen LogP contribution >= 0.6 is 0 Å². The third-order valence-corrected chi connectivity index (χ3v) is 6.00. The molecule has 1 amide bonds. The van der Waals surface area contributed by atoms with Crippen molar-refractivity contribution in [2.45, 2.75) is 43.8 Å². The highest BCUT2D eigenvalue weighted by molar-refractivity contribution is 5.78. The third-order valence-electron chi connectivity index (χ3n) is 6.00. The van der Waals surface area contributed by atoms with Crippen LogP contribution in [0.1, 0.15) is 36.4 Å². The van der Waals surface area contributed by atoms with E-state index in [0.29, 0.717) is 31.1 Å². The lowest BCUT2D eigenvalue weighted by atomic mass is 9.87. The van der Waals surface area contributed by atoms with Crippen molar-refractivity contribution in [2.24, 2.45) is 0 Å². The Kier molecular flexibility index (Phi) is 4.28. The number of hydrogen-bond acceptors (Lipinski definition) is 5. The van der Waals surface area contributed by atoms with E-state index in [2.05, 4.69) is 31.2 Å². The van der Waals surface area contributed by atoms with Gasteiger partial charge < -0.3 is 10.2 Å². The van der Waals surface area contributed by atoms with Crippen molar-refractivity contribution in [3.05, 3.63) is 54.0 Å². The highest BCUT2D eigenvalue weighted by atomic mass is 16.2. The first-order valence-electron chi connectivity index (χ1n) is 9.89. The molecule has 4 fully saturated rings.